The number of thioether (sulfide) groups is 1. The molecule has 3 unspecified atom stereocenters. The minimum atomic E-state index is -2.84. The van der Waals surface area contributed by atoms with Gasteiger partial charge in [0.25, 0.3) is 0 Å². The standard InChI is InChI=1S/C16H33NO2S2/c1-6-9-17-14-8-7-13(16(2,3)4)12-15(14)20-10-11-21(5,18)19/h13-15,17H,6-12H2,1-5H3. The predicted octanol–water partition coefficient (Wildman–Crippen LogP) is 3.35. The molecule has 0 heterocycles. The first-order chi connectivity index (χ1) is 9.63. The van der Waals surface area contributed by atoms with Gasteiger partial charge in [-0.3, -0.25) is 0 Å². The van der Waals surface area contributed by atoms with Crippen molar-refractivity contribution in [2.24, 2.45) is 11.3 Å². The van der Waals surface area contributed by atoms with Gasteiger partial charge in [0.1, 0.15) is 9.84 Å². The molecule has 0 saturated heterocycles. The minimum absolute atomic E-state index is 0.300. The minimum Gasteiger partial charge on any atom is -0.313 e. The van der Waals surface area contributed by atoms with Gasteiger partial charge >= 0.3 is 0 Å². The fourth-order valence-corrected chi connectivity index (χ4v) is 5.75. The maximum absolute atomic E-state index is 11.3. The Bertz CT molecular complexity index is 401. The zero-order valence-electron chi connectivity index (χ0n) is 14.3. The molecule has 0 aromatic heterocycles. The Balaban J connectivity index is 2.60. The smallest absolute Gasteiger partial charge is 0.148 e. The number of nitrogens with one attached hydrogen (secondary N) is 1. The lowest BCUT2D eigenvalue weighted by atomic mass is 9.71. The largest absolute Gasteiger partial charge is 0.313 e. The topological polar surface area (TPSA) is 46.2 Å². The van der Waals surface area contributed by atoms with Crippen molar-refractivity contribution in [3.63, 3.8) is 0 Å². The summed E-state index contributed by atoms with van der Waals surface area (Å²) in [4.78, 5) is 0. The molecule has 0 aromatic carbocycles. The van der Waals surface area contributed by atoms with Gasteiger partial charge in [-0.25, -0.2) is 8.42 Å². The van der Waals surface area contributed by atoms with Gasteiger partial charge in [0.15, 0.2) is 0 Å². The summed E-state index contributed by atoms with van der Waals surface area (Å²) < 4.78 is 22.6. The fourth-order valence-electron chi connectivity index (χ4n) is 3.01. The number of hydrogen-bond acceptors (Lipinski definition) is 4. The zero-order valence-corrected chi connectivity index (χ0v) is 15.9. The lowest BCUT2D eigenvalue weighted by Gasteiger charge is -2.42. The van der Waals surface area contributed by atoms with Crippen LogP contribution >= 0.6 is 11.8 Å². The lowest BCUT2D eigenvalue weighted by molar-refractivity contribution is 0.165. The van der Waals surface area contributed by atoms with Gasteiger partial charge in [-0.05, 0) is 43.6 Å². The Morgan fingerprint density at radius 1 is 1.24 bits per heavy atom. The van der Waals surface area contributed by atoms with Crippen LogP contribution < -0.4 is 5.32 Å². The highest BCUT2D eigenvalue weighted by atomic mass is 32.2. The van der Waals surface area contributed by atoms with Crippen molar-refractivity contribution in [1.29, 1.82) is 0 Å². The van der Waals surface area contributed by atoms with Gasteiger partial charge in [-0.1, -0.05) is 27.7 Å². The fraction of sp³-hybridized carbons (Fsp3) is 1.00. The summed E-state index contributed by atoms with van der Waals surface area (Å²) in [6.07, 6.45) is 6.20. The van der Waals surface area contributed by atoms with E-state index in [1.54, 1.807) is 0 Å². The molecule has 21 heavy (non-hydrogen) atoms. The van der Waals surface area contributed by atoms with Crippen LogP contribution in [0.15, 0.2) is 0 Å². The summed E-state index contributed by atoms with van der Waals surface area (Å²) in [5.74, 6) is 1.77. The van der Waals surface area contributed by atoms with E-state index in [9.17, 15) is 8.42 Å². The van der Waals surface area contributed by atoms with Gasteiger partial charge < -0.3 is 5.32 Å². The Labute approximate surface area is 136 Å². The van der Waals surface area contributed by atoms with Gasteiger partial charge in [0.2, 0.25) is 0 Å². The number of hydrogen-bond donors (Lipinski definition) is 1. The van der Waals surface area contributed by atoms with Crippen LogP contribution in [0, 0.1) is 11.3 Å². The molecule has 3 nitrogen and oxygen atoms in total. The third-order valence-electron chi connectivity index (χ3n) is 4.46. The molecule has 126 valence electrons. The highest BCUT2D eigenvalue weighted by molar-refractivity contribution is 8.01. The van der Waals surface area contributed by atoms with E-state index in [-0.39, 0.29) is 0 Å². The van der Waals surface area contributed by atoms with Crippen molar-refractivity contribution in [3.8, 4) is 0 Å². The first kappa shape index (κ1) is 19.3. The highest BCUT2D eigenvalue weighted by Gasteiger charge is 2.35. The van der Waals surface area contributed by atoms with E-state index < -0.39 is 9.84 Å². The van der Waals surface area contributed by atoms with Crippen molar-refractivity contribution in [1.82, 2.24) is 5.32 Å². The van der Waals surface area contributed by atoms with E-state index in [4.69, 9.17) is 0 Å². The number of sulfone groups is 1. The van der Waals surface area contributed by atoms with Gasteiger partial charge in [0.05, 0.1) is 5.75 Å². The summed E-state index contributed by atoms with van der Waals surface area (Å²) in [6, 6.07) is 0.549. The normalized spacial score (nSPS) is 27.8. The van der Waals surface area contributed by atoms with Gasteiger partial charge in [-0.15, -0.1) is 0 Å². The van der Waals surface area contributed by atoms with Crippen molar-refractivity contribution in [2.45, 2.75) is 64.7 Å². The summed E-state index contributed by atoms with van der Waals surface area (Å²) in [6.45, 7) is 10.2. The van der Waals surface area contributed by atoms with Crippen LogP contribution in [0.2, 0.25) is 0 Å². The Morgan fingerprint density at radius 3 is 2.43 bits per heavy atom. The molecule has 5 heteroatoms. The van der Waals surface area contributed by atoms with Crippen LogP contribution in [0.25, 0.3) is 0 Å². The molecule has 0 bridgehead atoms. The van der Waals surface area contributed by atoms with Crippen LogP contribution in [0.3, 0.4) is 0 Å². The first-order valence-corrected chi connectivity index (χ1v) is 11.3. The maximum Gasteiger partial charge on any atom is 0.148 e. The van der Waals surface area contributed by atoms with E-state index in [0.29, 0.717) is 22.5 Å². The summed E-state index contributed by atoms with van der Waals surface area (Å²) >= 11 is 1.86. The molecule has 1 aliphatic rings. The quantitative estimate of drug-likeness (QED) is 0.775. The van der Waals surface area contributed by atoms with Crippen molar-refractivity contribution >= 4 is 21.6 Å². The van der Waals surface area contributed by atoms with Crippen LogP contribution in [0.1, 0.15) is 53.4 Å². The summed E-state index contributed by atoms with van der Waals surface area (Å²) in [5, 5.41) is 4.22. The average Bonchev–Trinajstić information content (AvgIpc) is 2.34. The molecule has 0 aliphatic heterocycles. The summed E-state index contributed by atoms with van der Waals surface area (Å²) in [5.41, 5.74) is 0.353. The molecule has 1 aliphatic carbocycles. The second-order valence-corrected chi connectivity index (χ2v) is 11.1. The molecule has 1 rings (SSSR count). The van der Waals surface area contributed by atoms with Crippen LogP contribution in [-0.2, 0) is 9.84 Å². The van der Waals surface area contributed by atoms with E-state index >= 15 is 0 Å². The molecule has 1 saturated carbocycles. The zero-order chi connectivity index (χ0) is 16.1. The van der Waals surface area contributed by atoms with Gasteiger partial charge in [-0.2, -0.15) is 11.8 Å². The van der Waals surface area contributed by atoms with Crippen molar-refractivity contribution in [2.75, 3.05) is 24.3 Å². The third-order valence-corrected chi connectivity index (χ3v) is 7.05. The second kappa shape index (κ2) is 8.21. The third kappa shape index (κ3) is 7.38. The first-order valence-electron chi connectivity index (χ1n) is 8.16. The Hall–Kier alpha value is 0.260. The molecular weight excluding hydrogens is 302 g/mol. The molecule has 0 spiro atoms. The Morgan fingerprint density at radius 2 is 1.90 bits per heavy atom. The average molecular weight is 336 g/mol. The molecular formula is C16H33NO2S2. The van der Waals surface area contributed by atoms with Gasteiger partial charge in [0, 0.05) is 23.3 Å². The van der Waals surface area contributed by atoms with E-state index in [2.05, 4.69) is 33.0 Å². The van der Waals surface area contributed by atoms with Crippen molar-refractivity contribution in [3.05, 3.63) is 0 Å². The molecule has 1 N–H and O–H groups in total. The van der Waals surface area contributed by atoms with E-state index in [0.717, 1.165) is 24.6 Å². The van der Waals surface area contributed by atoms with E-state index in [1.165, 1.54) is 25.5 Å². The molecule has 0 aromatic rings. The molecule has 0 radical (unpaired) electrons. The lowest BCUT2D eigenvalue weighted by Crippen LogP contribution is -2.45. The van der Waals surface area contributed by atoms with E-state index in [1.807, 2.05) is 11.8 Å². The maximum atomic E-state index is 11.3. The monoisotopic (exact) mass is 335 g/mol. The van der Waals surface area contributed by atoms with Crippen molar-refractivity contribution < 1.29 is 8.42 Å². The predicted molar refractivity (Wildman–Crippen MR) is 94.8 cm³/mol. The SMILES string of the molecule is CCCNC1CCC(C(C)(C)C)CC1SCCS(C)(=O)=O. The van der Waals surface area contributed by atoms with Crippen LogP contribution in [-0.4, -0.2) is 44.0 Å². The van der Waals surface area contributed by atoms with Crippen LogP contribution in [0.5, 0.6) is 0 Å². The molecule has 1 fully saturated rings. The summed E-state index contributed by atoms with van der Waals surface area (Å²) in [7, 11) is -2.84. The molecule has 3 atom stereocenters. The highest BCUT2D eigenvalue weighted by Crippen LogP contribution is 2.41. The Kier molecular flexibility index (Phi) is 7.55. The molecule has 0 amide bonds. The second-order valence-electron chi connectivity index (χ2n) is 7.48. The number of rotatable bonds is 7. The van der Waals surface area contributed by atoms with Crippen LogP contribution in [0.4, 0.5) is 0 Å².